The Hall–Kier alpha value is -0.940. The summed E-state index contributed by atoms with van der Waals surface area (Å²) in [7, 11) is 0. The monoisotopic (exact) mass is 226 g/mol. The SMILES string of the molecule is CC1=C(C)[N+](=O)[C@]2(O)CCCC[C@]2(C)N1[O-]. The second-order valence-corrected chi connectivity index (χ2v) is 5.06. The highest BCUT2D eigenvalue weighted by Crippen LogP contribution is 2.47. The summed E-state index contributed by atoms with van der Waals surface area (Å²) in [5, 5.41) is 23.5. The first kappa shape index (κ1) is 11.5. The molecule has 5 heteroatoms. The van der Waals surface area contributed by atoms with Crippen LogP contribution in [0.2, 0.25) is 0 Å². The summed E-state index contributed by atoms with van der Waals surface area (Å²) in [6, 6.07) is 0. The van der Waals surface area contributed by atoms with Crippen molar-refractivity contribution in [2.24, 2.45) is 0 Å². The molecule has 2 rings (SSSR count). The molecular formula is C11H18N2O3. The average molecular weight is 226 g/mol. The highest BCUT2D eigenvalue weighted by Gasteiger charge is 2.65. The van der Waals surface area contributed by atoms with Crippen molar-refractivity contribution in [2.75, 3.05) is 0 Å². The molecule has 16 heavy (non-hydrogen) atoms. The molecule has 2 atom stereocenters. The fraction of sp³-hybridized carbons (Fsp3) is 0.818. The second kappa shape index (κ2) is 3.28. The van der Waals surface area contributed by atoms with Crippen LogP contribution in [0.4, 0.5) is 0 Å². The van der Waals surface area contributed by atoms with Crippen molar-refractivity contribution in [1.82, 2.24) is 5.06 Å². The second-order valence-electron chi connectivity index (χ2n) is 5.06. The van der Waals surface area contributed by atoms with Gasteiger partial charge in [0.05, 0.1) is 10.5 Å². The number of hydrogen-bond acceptors (Lipinski definition) is 4. The van der Waals surface area contributed by atoms with Crippen LogP contribution < -0.4 is 0 Å². The Morgan fingerprint density at radius 2 is 1.94 bits per heavy atom. The van der Waals surface area contributed by atoms with Crippen LogP contribution in [0.3, 0.4) is 0 Å². The smallest absolute Gasteiger partial charge is 0.340 e. The van der Waals surface area contributed by atoms with Crippen molar-refractivity contribution in [1.29, 1.82) is 0 Å². The van der Waals surface area contributed by atoms with Gasteiger partial charge in [-0.15, -0.1) is 0 Å². The highest BCUT2D eigenvalue weighted by atomic mass is 16.5. The van der Waals surface area contributed by atoms with E-state index in [0.29, 0.717) is 29.0 Å². The van der Waals surface area contributed by atoms with Gasteiger partial charge in [0.1, 0.15) is 5.54 Å². The first-order chi connectivity index (χ1) is 7.34. The number of fused-ring (bicyclic) bond motifs is 1. The Labute approximate surface area is 94.9 Å². The van der Waals surface area contributed by atoms with Crippen molar-refractivity contribution >= 4 is 0 Å². The van der Waals surface area contributed by atoms with Crippen LogP contribution in [0.15, 0.2) is 11.4 Å². The lowest BCUT2D eigenvalue weighted by Crippen LogP contribution is -2.69. The maximum atomic E-state index is 12.2. The van der Waals surface area contributed by atoms with E-state index in [1.165, 1.54) is 0 Å². The molecule has 1 heterocycles. The van der Waals surface area contributed by atoms with Crippen LogP contribution in [0.1, 0.15) is 46.5 Å². The molecule has 0 bridgehead atoms. The zero-order valence-corrected chi connectivity index (χ0v) is 9.99. The molecule has 0 saturated heterocycles. The molecule has 1 fully saturated rings. The first-order valence-electron chi connectivity index (χ1n) is 5.69. The van der Waals surface area contributed by atoms with Crippen molar-refractivity contribution in [3.8, 4) is 0 Å². The Balaban J connectivity index is 2.59. The van der Waals surface area contributed by atoms with E-state index in [0.717, 1.165) is 17.9 Å². The molecule has 1 saturated carbocycles. The van der Waals surface area contributed by atoms with Gasteiger partial charge < -0.3 is 15.4 Å². The third-order valence-electron chi connectivity index (χ3n) is 4.22. The maximum absolute atomic E-state index is 12.2. The maximum Gasteiger partial charge on any atom is 0.340 e. The number of hydrogen-bond donors (Lipinski definition) is 1. The van der Waals surface area contributed by atoms with Crippen LogP contribution in [0, 0.1) is 10.1 Å². The summed E-state index contributed by atoms with van der Waals surface area (Å²) in [5.74, 6) is 0. The number of nitroso groups, excluding NO2 is 1. The molecule has 90 valence electrons. The molecule has 1 aliphatic carbocycles. The third-order valence-corrected chi connectivity index (χ3v) is 4.22. The molecule has 1 N–H and O–H groups in total. The van der Waals surface area contributed by atoms with E-state index in [4.69, 9.17) is 0 Å². The van der Waals surface area contributed by atoms with Gasteiger partial charge in [-0.25, -0.2) is 0 Å². The minimum atomic E-state index is -1.57. The Bertz CT molecular complexity index is 379. The Morgan fingerprint density at radius 1 is 1.38 bits per heavy atom. The standard InChI is InChI=1S/C11H18N2O3/c1-8-9(2)13(16)11(14)7-5-4-6-10(11,3)12(8)15/h14H,4-7H2,1-3H3/t10-,11-/m0/s1. The van der Waals surface area contributed by atoms with E-state index in [9.17, 15) is 15.2 Å². The predicted molar refractivity (Wildman–Crippen MR) is 59.0 cm³/mol. The van der Waals surface area contributed by atoms with Crippen molar-refractivity contribution in [2.45, 2.75) is 57.7 Å². The van der Waals surface area contributed by atoms with Crippen LogP contribution >= 0.6 is 0 Å². The van der Waals surface area contributed by atoms with Crippen molar-refractivity contribution in [3.05, 3.63) is 21.5 Å². The number of hydroxylamine groups is 2. The van der Waals surface area contributed by atoms with E-state index >= 15 is 0 Å². The number of nitrogens with zero attached hydrogens (tertiary/aromatic N) is 2. The van der Waals surface area contributed by atoms with Gasteiger partial charge in [-0.05, 0) is 26.7 Å². The molecule has 1 aliphatic heterocycles. The molecule has 2 aliphatic rings. The van der Waals surface area contributed by atoms with Gasteiger partial charge in [0.2, 0.25) is 0 Å². The first-order valence-corrected chi connectivity index (χ1v) is 5.69. The van der Waals surface area contributed by atoms with Gasteiger partial charge in [0.15, 0.2) is 0 Å². The molecule has 0 aromatic carbocycles. The number of aliphatic hydroxyl groups is 1. The summed E-state index contributed by atoms with van der Waals surface area (Å²) in [4.78, 5) is 12.1. The van der Waals surface area contributed by atoms with Gasteiger partial charge >= 0.3 is 5.72 Å². The molecule has 0 aromatic rings. The summed E-state index contributed by atoms with van der Waals surface area (Å²) in [5.41, 5.74) is -1.87. The third kappa shape index (κ3) is 1.13. The van der Waals surface area contributed by atoms with Gasteiger partial charge in [0, 0.05) is 18.3 Å². The average Bonchev–Trinajstić information content (AvgIpc) is 2.27. The van der Waals surface area contributed by atoms with Crippen molar-refractivity contribution in [3.63, 3.8) is 0 Å². The number of rotatable bonds is 0. The zero-order valence-electron chi connectivity index (χ0n) is 9.99. The van der Waals surface area contributed by atoms with Gasteiger partial charge in [0.25, 0.3) is 5.70 Å². The molecule has 0 aromatic heterocycles. The molecule has 0 unspecified atom stereocenters. The summed E-state index contributed by atoms with van der Waals surface area (Å²) < 4.78 is 0.635. The lowest BCUT2D eigenvalue weighted by molar-refractivity contribution is -0.667. The summed E-state index contributed by atoms with van der Waals surface area (Å²) in [6.45, 7) is 4.89. The van der Waals surface area contributed by atoms with Gasteiger partial charge in [-0.2, -0.15) is 0 Å². The van der Waals surface area contributed by atoms with E-state index in [2.05, 4.69) is 0 Å². The van der Waals surface area contributed by atoms with Crippen LogP contribution in [0.5, 0.6) is 0 Å². The highest BCUT2D eigenvalue weighted by molar-refractivity contribution is 5.17. The zero-order chi connectivity index (χ0) is 12.1. The van der Waals surface area contributed by atoms with Gasteiger partial charge in [-0.3, -0.25) is 0 Å². The fourth-order valence-corrected chi connectivity index (χ4v) is 2.84. The van der Waals surface area contributed by atoms with Crippen LogP contribution in [-0.2, 0) is 0 Å². The quantitative estimate of drug-likeness (QED) is 0.640. The van der Waals surface area contributed by atoms with Crippen molar-refractivity contribution < 1.29 is 9.87 Å². The summed E-state index contributed by atoms with van der Waals surface area (Å²) in [6.07, 6.45) is 2.56. The molecule has 5 nitrogen and oxygen atoms in total. The predicted octanol–water partition coefficient (Wildman–Crippen LogP) is 1.85. The molecule has 0 amide bonds. The largest absolute Gasteiger partial charge is 0.758 e. The Kier molecular flexibility index (Phi) is 2.36. The van der Waals surface area contributed by atoms with Crippen LogP contribution in [-0.4, -0.2) is 26.2 Å². The summed E-state index contributed by atoms with van der Waals surface area (Å²) >= 11 is 0. The fourth-order valence-electron chi connectivity index (χ4n) is 2.84. The lowest BCUT2D eigenvalue weighted by Gasteiger charge is -2.55. The lowest BCUT2D eigenvalue weighted by atomic mass is 9.73. The molecule has 0 spiro atoms. The topological polar surface area (TPSA) is 66.6 Å². The Morgan fingerprint density at radius 3 is 2.56 bits per heavy atom. The number of allylic oxidation sites excluding steroid dienone is 2. The van der Waals surface area contributed by atoms with E-state index < -0.39 is 11.3 Å². The van der Waals surface area contributed by atoms with E-state index in [1.54, 1.807) is 20.8 Å². The van der Waals surface area contributed by atoms with Gasteiger partial charge in [-0.1, -0.05) is 6.42 Å². The molecule has 0 radical (unpaired) electrons. The normalized spacial score (nSPS) is 40.1. The molecular weight excluding hydrogens is 208 g/mol. The van der Waals surface area contributed by atoms with Crippen LogP contribution in [0.25, 0.3) is 0 Å². The van der Waals surface area contributed by atoms with E-state index in [-0.39, 0.29) is 0 Å². The minimum absolute atomic E-state index is 0.317. The van der Waals surface area contributed by atoms with E-state index in [1.807, 2.05) is 0 Å². The minimum Gasteiger partial charge on any atom is -0.758 e.